The molecule has 1 saturated carbocycles. The van der Waals surface area contributed by atoms with Gasteiger partial charge in [-0.2, -0.15) is 0 Å². The van der Waals surface area contributed by atoms with E-state index in [0.29, 0.717) is 23.0 Å². The van der Waals surface area contributed by atoms with Crippen LogP contribution in [0, 0.1) is 5.92 Å². The number of methoxy groups -OCH3 is 2. The second-order valence-electron chi connectivity index (χ2n) is 5.42. The van der Waals surface area contributed by atoms with Gasteiger partial charge in [-0.1, -0.05) is 0 Å². The first kappa shape index (κ1) is 14.7. The Morgan fingerprint density at radius 3 is 2.30 bits per heavy atom. The lowest BCUT2D eigenvalue weighted by Gasteiger charge is -2.23. The lowest BCUT2D eigenvalue weighted by molar-refractivity contribution is 0.0354. The van der Waals surface area contributed by atoms with Crippen molar-refractivity contribution in [1.82, 2.24) is 5.32 Å². The number of carbonyl (C=O) groups is 1. The van der Waals surface area contributed by atoms with Gasteiger partial charge in [0.05, 0.1) is 19.8 Å². The first-order valence-corrected chi connectivity index (χ1v) is 6.70. The molecule has 0 spiro atoms. The van der Waals surface area contributed by atoms with Crippen LogP contribution >= 0.6 is 0 Å². The van der Waals surface area contributed by atoms with Gasteiger partial charge in [-0.3, -0.25) is 4.79 Å². The minimum absolute atomic E-state index is 0.246. The van der Waals surface area contributed by atoms with Crippen LogP contribution in [0.15, 0.2) is 18.2 Å². The molecule has 1 amide bonds. The molecule has 0 aromatic heterocycles. The lowest BCUT2D eigenvalue weighted by Crippen LogP contribution is -2.42. The molecular weight excluding hydrogens is 258 g/mol. The molecule has 1 atom stereocenters. The molecule has 1 aliphatic rings. The maximum Gasteiger partial charge on any atom is 0.251 e. The van der Waals surface area contributed by atoms with Gasteiger partial charge in [0.15, 0.2) is 0 Å². The van der Waals surface area contributed by atoms with Crippen molar-refractivity contribution < 1.29 is 19.4 Å². The van der Waals surface area contributed by atoms with Gasteiger partial charge in [-0.25, -0.2) is 0 Å². The molecule has 0 saturated heterocycles. The number of rotatable bonds is 6. The number of amides is 1. The number of hydrogen-bond donors (Lipinski definition) is 2. The highest BCUT2D eigenvalue weighted by molar-refractivity contribution is 5.95. The molecule has 0 heterocycles. The minimum Gasteiger partial charge on any atom is -0.497 e. The Morgan fingerprint density at radius 2 is 1.85 bits per heavy atom. The molecule has 0 aliphatic heterocycles. The normalized spacial score (nSPS) is 17.2. The summed E-state index contributed by atoms with van der Waals surface area (Å²) in [6, 6.07) is 4.99. The average Bonchev–Trinajstić information content (AvgIpc) is 3.29. The number of hydrogen-bond acceptors (Lipinski definition) is 4. The van der Waals surface area contributed by atoms with Crippen LogP contribution in [0.4, 0.5) is 0 Å². The highest BCUT2D eigenvalue weighted by Crippen LogP contribution is 2.39. The molecule has 0 radical (unpaired) electrons. The summed E-state index contributed by atoms with van der Waals surface area (Å²) < 4.78 is 10.3. The summed E-state index contributed by atoms with van der Waals surface area (Å²) in [6.07, 6.45) is 2.05. The maximum atomic E-state index is 12.1. The summed E-state index contributed by atoms with van der Waals surface area (Å²) in [5.74, 6) is 1.16. The van der Waals surface area contributed by atoms with Crippen molar-refractivity contribution in [3.8, 4) is 11.5 Å². The van der Waals surface area contributed by atoms with E-state index in [9.17, 15) is 9.90 Å². The second kappa shape index (κ2) is 5.71. The largest absolute Gasteiger partial charge is 0.497 e. The van der Waals surface area contributed by atoms with Gasteiger partial charge < -0.3 is 19.9 Å². The van der Waals surface area contributed by atoms with Crippen molar-refractivity contribution >= 4 is 5.91 Å². The summed E-state index contributed by atoms with van der Waals surface area (Å²) >= 11 is 0. The first-order valence-electron chi connectivity index (χ1n) is 6.70. The van der Waals surface area contributed by atoms with Crippen LogP contribution in [0.3, 0.4) is 0 Å². The van der Waals surface area contributed by atoms with Crippen molar-refractivity contribution in [1.29, 1.82) is 0 Å². The highest BCUT2D eigenvalue weighted by atomic mass is 16.5. The third kappa shape index (κ3) is 3.42. The van der Waals surface area contributed by atoms with E-state index in [0.717, 1.165) is 12.8 Å². The van der Waals surface area contributed by atoms with Gasteiger partial charge in [0, 0.05) is 18.2 Å². The fraction of sp³-hybridized carbons (Fsp3) is 0.533. The predicted molar refractivity (Wildman–Crippen MR) is 75.2 cm³/mol. The number of ether oxygens (including phenoxy) is 2. The zero-order valence-corrected chi connectivity index (χ0v) is 12.1. The Kier molecular flexibility index (Phi) is 4.18. The molecule has 0 bridgehead atoms. The zero-order valence-electron chi connectivity index (χ0n) is 12.1. The van der Waals surface area contributed by atoms with Gasteiger partial charge in [0.2, 0.25) is 0 Å². The summed E-state index contributed by atoms with van der Waals surface area (Å²) in [7, 11) is 3.07. The van der Waals surface area contributed by atoms with Crippen molar-refractivity contribution in [2.75, 3.05) is 20.8 Å². The molecule has 20 heavy (non-hydrogen) atoms. The molecule has 1 aromatic rings. The van der Waals surface area contributed by atoms with Gasteiger partial charge in [0.1, 0.15) is 11.5 Å². The SMILES string of the molecule is COc1cc(OC)cc(C(=O)NCC(C)(O)C2CC2)c1. The van der Waals surface area contributed by atoms with Crippen molar-refractivity contribution in [3.05, 3.63) is 23.8 Å². The summed E-state index contributed by atoms with van der Waals surface area (Å²) in [5.41, 5.74) is -0.383. The Balaban J connectivity index is 2.04. The molecule has 110 valence electrons. The quantitative estimate of drug-likeness (QED) is 0.830. The van der Waals surface area contributed by atoms with E-state index in [-0.39, 0.29) is 12.5 Å². The third-order valence-electron chi connectivity index (χ3n) is 3.68. The molecule has 1 unspecified atom stereocenters. The van der Waals surface area contributed by atoms with Crippen LogP contribution in [0.2, 0.25) is 0 Å². The molecule has 1 aliphatic carbocycles. The Morgan fingerprint density at radius 1 is 1.30 bits per heavy atom. The molecular formula is C15H21NO4. The Hall–Kier alpha value is -1.75. The molecule has 5 nitrogen and oxygen atoms in total. The van der Waals surface area contributed by atoms with Crippen LogP contribution < -0.4 is 14.8 Å². The van der Waals surface area contributed by atoms with Gasteiger partial charge in [0.25, 0.3) is 5.91 Å². The van der Waals surface area contributed by atoms with E-state index in [1.807, 2.05) is 0 Å². The van der Waals surface area contributed by atoms with Crippen molar-refractivity contribution in [2.24, 2.45) is 5.92 Å². The van der Waals surface area contributed by atoms with E-state index in [2.05, 4.69) is 5.32 Å². The van der Waals surface area contributed by atoms with E-state index < -0.39 is 5.60 Å². The van der Waals surface area contributed by atoms with Gasteiger partial charge in [-0.15, -0.1) is 0 Å². The van der Waals surface area contributed by atoms with Crippen LogP contribution in [0.5, 0.6) is 11.5 Å². The predicted octanol–water partition coefficient (Wildman–Crippen LogP) is 1.59. The van der Waals surface area contributed by atoms with E-state index in [1.54, 1.807) is 25.1 Å². The third-order valence-corrected chi connectivity index (χ3v) is 3.68. The summed E-state index contributed by atoms with van der Waals surface area (Å²) in [6.45, 7) is 2.01. The number of nitrogens with one attached hydrogen (secondary N) is 1. The van der Waals surface area contributed by atoms with E-state index in [1.165, 1.54) is 14.2 Å². The van der Waals surface area contributed by atoms with Crippen LogP contribution in [-0.4, -0.2) is 37.4 Å². The Labute approximate surface area is 118 Å². The summed E-state index contributed by atoms with van der Waals surface area (Å²) in [5, 5.41) is 13.0. The van der Waals surface area contributed by atoms with Crippen molar-refractivity contribution in [2.45, 2.75) is 25.4 Å². The molecule has 2 N–H and O–H groups in total. The van der Waals surface area contributed by atoms with Crippen molar-refractivity contribution in [3.63, 3.8) is 0 Å². The molecule has 2 rings (SSSR count). The fourth-order valence-electron chi connectivity index (χ4n) is 2.15. The highest BCUT2D eigenvalue weighted by Gasteiger charge is 2.39. The van der Waals surface area contributed by atoms with E-state index >= 15 is 0 Å². The molecule has 1 aromatic carbocycles. The molecule has 5 heteroatoms. The smallest absolute Gasteiger partial charge is 0.251 e. The standard InChI is InChI=1S/C15H21NO4/c1-15(18,11-4-5-11)9-16-14(17)10-6-12(19-2)8-13(7-10)20-3/h6-8,11,18H,4-5,9H2,1-3H3,(H,16,17). The second-order valence-corrected chi connectivity index (χ2v) is 5.42. The lowest BCUT2D eigenvalue weighted by atomic mass is 10.0. The molecule has 1 fully saturated rings. The van der Waals surface area contributed by atoms with Gasteiger partial charge >= 0.3 is 0 Å². The number of carbonyl (C=O) groups excluding carboxylic acids is 1. The topological polar surface area (TPSA) is 67.8 Å². The summed E-state index contributed by atoms with van der Waals surface area (Å²) in [4.78, 5) is 12.1. The Bertz CT molecular complexity index is 472. The maximum absolute atomic E-state index is 12.1. The van der Waals surface area contributed by atoms with Gasteiger partial charge in [-0.05, 0) is 37.8 Å². The van der Waals surface area contributed by atoms with Crippen LogP contribution in [0.1, 0.15) is 30.1 Å². The van der Waals surface area contributed by atoms with E-state index in [4.69, 9.17) is 9.47 Å². The van der Waals surface area contributed by atoms with Crippen LogP contribution in [-0.2, 0) is 0 Å². The number of benzene rings is 1. The fourth-order valence-corrected chi connectivity index (χ4v) is 2.15. The first-order chi connectivity index (χ1) is 9.46. The average molecular weight is 279 g/mol. The van der Waals surface area contributed by atoms with Crippen LogP contribution in [0.25, 0.3) is 0 Å². The minimum atomic E-state index is -0.835. The number of aliphatic hydroxyl groups is 1. The monoisotopic (exact) mass is 279 g/mol. The zero-order chi connectivity index (χ0) is 14.8.